The Labute approximate surface area is 138 Å². The van der Waals surface area contributed by atoms with Crippen molar-refractivity contribution in [3.63, 3.8) is 0 Å². The van der Waals surface area contributed by atoms with Crippen molar-refractivity contribution in [3.05, 3.63) is 23.8 Å². The van der Waals surface area contributed by atoms with Crippen molar-refractivity contribution < 1.29 is 28.6 Å². The number of methoxy groups -OCH3 is 3. The van der Waals surface area contributed by atoms with Gasteiger partial charge in [0.05, 0.1) is 27.8 Å². The number of Topliss-reactive ketones (excluding diaryl/α,β-unsaturated/α-hetero) is 2. The fraction of sp³-hybridized carbons (Fsp3) is 0.308. The van der Waals surface area contributed by atoms with Crippen molar-refractivity contribution in [1.29, 1.82) is 0 Å². The monoisotopic (exact) mass is 290 g/mol. The summed E-state index contributed by atoms with van der Waals surface area (Å²) in [5.41, 5.74) is 0.129. The maximum absolute atomic E-state index is 12.0. The second kappa shape index (κ2) is 8.73. The van der Waals surface area contributed by atoms with Crippen LogP contribution in [0.25, 0.3) is 0 Å². The molecule has 1 aromatic carbocycles. The third kappa shape index (κ3) is 4.33. The molecule has 0 aliphatic rings. The quantitative estimate of drug-likeness (QED) is 0.248. The molecule has 0 N–H and O–H groups in total. The summed E-state index contributed by atoms with van der Waals surface area (Å²) in [7, 11) is 3.87. The zero-order valence-corrected chi connectivity index (χ0v) is 10.9. The summed E-state index contributed by atoms with van der Waals surface area (Å²) in [6.07, 6.45) is -0.594. The maximum atomic E-state index is 12.0. The number of benzene rings is 1. The van der Waals surface area contributed by atoms with Gasteiger partial charge in [-0.25, -0.2) is 4.79 Å². The number of hydrogen-bond donors (Lipinski definition) is 0. The Morgan fingerprint density at radius 3 is 1.90 bits per heavy atom. The molecule has 0 atom stereocenters. The first-order chi connectivity index (χ1) is 9.04. The molecule has 0 fully saturated rings. The van der Waals surface area contributed by atoms with E-state index in [-0.39, 0.29) is 46.6 Å². The predicted molar refractivity (Wildman–Crippen MR) is 72.7 cm³/mol. The normalized spacial score (nSPS) is 9.15. The summed E-state index contributed by atoms with van der Waals surface area (Å²) in [4.78, 5) is 34.4. The SMILES string of the molecule is COC(=O)C(=O)CC(=O)c1c(OC)cccc1OC.[NaH]. The number of ketones is 2. The van der Waals surface area contributed by atoms with E-state index in [1.165, 1.54) is 14.2 Å². The van der Waals surface area contributed by atoms with E-state index in [2.05, 4.69) is 4.74 Å². The van der Waals surface area contributed by atoms with Crippen LogP contribution in [0.2, 0.25) is 0 Å². The number of hydrogen-bond acceptors (Lipinski definition) is 6. The molecule has 104 valence electrons. The minimum absolute atomic E-state index is 0. The van der Waals surface area contributed by atoms with Crippen molar-refractivity contribution in [2.75, 3.05) is 21.3 Å². The van der Waals surface area contributed by atoms with Crippen LogP contribution in [0.1, 0.15) is 16.8 Å². The molecule has 0 heterocycles. The summed E-state index contributed by atoms with van der Waals surface area (Å²) in [5.74, 6) is -1.98. The van der Waals surface area contributed by atoms with E-state index in [0.717, 1.165) is 7.11 Å². The molecule has 0 spiro atoms. The van der Waals surface area contributed by atoms with Crippen LogP contribution in [0.4, 0.5) is 0 Å². The van der Waals surface area contributed by atoms with Gasteiger partial charge in [0, 0.05) is 0 Å². The van der Waals surface area contributed by atoms with Crippen LogP contribution in [-0.2, 0) is 14.3 Å². The molecule has 6 nitrogen and oxygen atoms in total. The second-order valence-corrected chi connectivity index (χ2v) is 3.55. The number of carbonyl (C=O) groups is 3. The number of esters is 1. The molecule has 20 heavy (non-hydrogen) atoms. The average molecular weight is 290 g/mol. The zero-order chi connectivity index (χ0) is 14.4. The number of rotatable bonds is 6. The molecule has 1 rings (SSSR count). The van der Waals surface area contributed by atoms with Gasteiger partial charge in [-0.3, -0.25) is 9.59 Å². The Morgan fingerprint density at radius 2 is 1.50 bits per heavy atom. The average Bonchev–Trinajstić information content (AvgIpc) is 2.44. The van der Waals surface area contributed by atoms with Gasteiger partial charge in [0.25, 0.3) is 0 Å². The molecule has 0 saturated heterocycles. The Bertz CT molecular complexity index is 489. The Balaban J connectivity index is 0.00000361. The van der Waals surface area contributed by atoms with Crippen LogP contribution in [0.15, 0.2) is 18.2 Å². The molecular formula is C13H15NaO6. The Hall–Kier alpha value is -1.37. The predicted octanol–water partition coefficient (Wildman–Crippen LogP) is 0.370. The van der Waals surface area contributed by atoms with Crippen LogP contribution in [0, 0.1) is 0 Å². The van der Waals surface area contributed by atoms with E-state index in [1.807, 2.05) is 0 Å². The first-order valence-corrected chi connectivity index (χ1v) is 5.40. The summed E-state index contributed by atoms with van der Waals surface area (Å²) in [6.45, 7) is 0. The van der Waals surface area contributed by atoms with Crippen LogP contribution < -0.4 is 9.47 Å². The molecule has 1 aromatic rings. The van der Waals surface area contributed by atoms with Crippen LogP contribution in [-0.4, -0.2) is 68.4 Å². The third-order valence-corrected chi connectivity index (χ3v) is 2.44. The van der Waals surface area contributed by atoms with Gasteiger partial charge >= 0.3 is 35.5 Å². The van der Waals surface area contributed by atoms with Crippen molar-refractivity contribution in [2.45, 2.75) is 6.42 Å². The van der Waals surface area contributed by atoms with E-state index in [9.17, 15) is 14.4 Å². The standard InChI is InChI=1S/C13H14O6.Na.H/c1-17-10-5-4-6-11(18-2)12(10)8(14)7-9(15)13(16)19-3;;/h4-6H,7H2,1-3H3;;. The fourth-order valence-electron chi connectivity index (χ4n) is 1.55. The van der Waals surface area contributed by atoms with Gasteiger partial charge in [-0.15, -0.1) is 0 Å². The Morgan fingerprint density at radius 1 is 1.00 bits per heavy atom. The molecule has 0 aromatic heterocycles. The van der Waals surface area contributed by atoms with E-state index in [0.29, 0.717) is 0 Å². The van der Waals surface area contributed by atoms with E-state index < -0.39 is 24.0 Å². The van der Waals surface area contributed by atoms with Gasteiger partial charge in [-0.05, 0) is 12.1 Å². The van der Waals surface area contributed by atoms with Gasteiger partial charge < -0.3 is 14.2 Å². The second-order valence-electron chi connectivity index (χ2n) is 3.55. The molecular weight excluding hydrogens is 275 g/mol. The van der Waals surface area contributed by atoms with E-state index in [1.54, 1.807) is 18.2 Å². The Kier molecular flexibility index (Phi) is 8.13. The fourth-order valence-corrected chi connectivity index (χ4v) is 1.55. The molecule has 0 aliphatic heterocycles. The summed E-state index contributed by atoms with van der Waals surface area (Å²) < 4.78 is 14.4. The zero-order valence-electron chi connectivity index (χ0n) is 10.9. The number of carbonyl (C=O) groups excluding carboxylic acids is 3. The minimum atomic E-state index is -1.05. The molecule has 0 bridgehead atoms. The van der Waals surface area contributed by atoms with Crippen molar-refractivity contribution >= 4 is 47.1 Å². The van der Waals surface area contributed by atoms with Gasteiger partial charge in [0.2, 0.25) is 5.78 Å². The van der Waals surface area contributed by atoms with Gasteiger partial charge in [-0.2, -0.15) is 0 Å². The van der Waals surface area contributed by atoms with Crippen LogP contribution in [0.3, 0.4) is 0 Å². The summed E-state index contributed by atoms with van der Waals surface area (Å²) >= 11 is 0. The van der Waals surface area contributed by atoms with Crippen LogP contribution >= 0.6 is 0 Å². The molecule has 0 unspecified atom stereocenters. The van der Waals surface area contributed by atoms with Crippen molar-refractivity contribution in [2.24, 2.45) is 0 Å². The van der Waals surface area contributed by atoms with E-state index in [4.69, 9.17) is 9.47 Å². The topological polar surface area (TPSA) is 78.9 Å². The van der Waals surface area contributed by atoms with E-state index >= 15 is 0 Å². The van der Waals surface area contributed by atoms with Crippen molar-refractivity contribution in [3.8, 4) is 11.5 Å². The first-order valence-electron chi connectivity index (χ1n) is 5.40. The molecule has 0 saturated carbocycles. The van der Waals surface area contributed by atoms with Gasteiger partial charge in [0.1, 0.15) is 17.1 Å². The molecule has 0 radical (unpaired) electrons. The summed E-state index contributed by atoms with van der Waals surface area (Å²) in [5, 5.41) is 0. The third-order valence-electron chi connectivity index (χ3n) is 2.44. The van der Waals surface area contributed by atoms with Crippen LogP contribution in [0.5, 0.6) is 11.5 Å². The summed E-state index contributed by atoms with van der Waals surface area (Å²) in [6, 6.07) is 4.79. The molecule has 0 amide bonds. The molecule has 7 heteroatoms. The number of ether oxygens (including phenoxy) is 3. The van der Waals surface area contributed by atoms with Crippen molar-refractivity contribution in [1.82, 2.24) is 0 Å². The first kappa shape index (κ1) is 18.6. The van der Waals surface area contributed by atoms with Gasteiger partial charge in [0.15, 0.2) is 5.78 Å². The van der Waals surface area contributed by atoms with Gasteiger partial charge in [-0.1, -0.05) is 6.07 Å². The molecule has 0 aliphatic carbocycles.